The van der Waals surface area contributed by atoms with Crippen molar-refractivity contribution in [3.8, 4) is 11.1 Å². The third kappa shape index (κ3) is 3.54. The fourth-order valence-electron chi connectivity index (χ4n) is 5.82. The number of pyridine rings is 2. The first-order valence-corrected chi connectivity index (χ1v) is 14.3. The zero-order valence-corrected chi connectivity index (χ0v) is 22.2. The van der Waals surface area contributed by atoms with Gasteiger partial charge in [-0.25, -0.2) is 13.4 Å². The van der Waals surface area contributed by atoms with Crippen molar-refractivity contribution in [1.82, 2.24) is 15.3 Å². The molecule has 1 spiro atoms. The summed E-state index contributed by atoms with van der Waals surface area (Å²) in [6.45, 7) is 1.35. The van der Waals surface area contributed by atoms with Gasteiger partial charge in [0.25, 0.3) is 10.0 Å². The highest BCUT2D eigenvalue weighted by Gasteiger charge is 2.54. The summed E-state index contributed by atoms with van der Waals surface area (Å²) in [6.07, 6.45) is 7.03. The normalized spacial score (nSPS) is 18.3. The molecule has 3 aromatic rings. The van der Waals surface area contributed by atoms with Gasteiger partial charge in [-0.3, -0.25) is 14.6 Å². The molecular weight excluding hydrogens is 508 g/mol. The lowest BCUT2D eigenvalue weighted by molar-refractivity contribution is -0.128. The van der Waals surface area contributed by atoms with Crippen LogP contribution in [0.5, 0.6) is 0 Å². The summed E-state index contributed by atoms with van der Waals surface area (Å²) in [7, 11) is -0.303. The van der Waals surface area contributed by atoms with E-state index in [2.05, 4.69) is 15.3 Å². The maximum absolute atomic E-state index is 13.2. The first-order chi connectivity index (χ1) is 18.2. The smallest absolute Gasteiger partial charge is 0.322 e. The van der Waals surface area contributed by atoms with Gasteiger partial charge in [0.2, 0.25) is 5.91 Å². The van der Waals surface area contributed by atoms with Gasteiger partial charge in [0.1, 0.15) is 5.69 Å². The highest BCUT2D eigenvalue weighted by molar-refractivity contribution is 7.91. The molecule has 2 fully saturated rings. The van der Waals surface area contributed by atoms with Gasteiger partial charge in [-0.05, 0) is 43.7 Å². The van der Waals surface area contributed by atoms with Crippen LogP contribution in [0.15, 0.2) is 36.7 Å². The predicted octanol–water partition coefficient (Wildman–Crippen LogP) is 1.96. The summed E-state index contributed by atoms with van der Waals surface area (Å²) in [5.74, 6) is 0.507. The lowest BCUT2D eigenvalue weighted by atomic mass is 9.64. The number of rotatable bonds is 7. The van der Waals surface area contributed by atoms with Crippen LogP contribution < -0.4 is 19.6 Å². The van der Waals surface area contributed by atoms with Gasteiger partial charge >= 0.3 is 6.47 Å². The molecule has 0 radical (unpaired) electrons. The minimum Gasteiger partial charge on any atom is -0.351 e. The molecule has 1 aliphatic carbocycles. The Kier molecular flexibility index (Phi) is 5.58. The summed E-state index contributed by atoms with van der Waals surface area (Å²) in [5.41, 5.74) is 3.67. The maximum atomic E-state index is 13.2. The summed E-state index contributed by atoms with van der Waals surface area (Å²) in [5, 5.41) is 4.08. The Morgan fingerprint density at radius 2 is 1.92 bits per heavy atom. The molecule has 38 heavy (non-hydrogen) atoms. The third-order valence-electron chi connectivity index (χ3n) is 8.02. The fraction of sp³-hybridized carbons (Fsp3) is 0.385. The molecule has 0 unspecified atom stereocenters. The van der Waals surface area contributed by atoms with Gasteiger partial charge in [0.15, 0.2) is 5.82 Å². The molecule has 2 aliphatic heterocycles. The molecule has 0 bridgehead atoms. The van der Waals surface area contributed by atoms with Crippen molar-refractivity contribution >= 4 is 50.5 Å². The van der Waals surface area contributed by atoms with Crippen molar-refractivity contribution in [3.63, 3.8) is 0 Å². The number of benzene rings is 1. The van der Waals surface area contributed by atoms with E-state index in [1.165, 1.54) is 0 Å². The number of nitrogens with one attached hydrogen (secondary N) is 1. The van der Waals surface area contributed by atoms with Crippen molar-refractivity contribution in [2.24, 2.45) is 0 Å². The predicted molar refractivity (Wildman–Crippen MR) is 143 cm³/mol. The number of likely N-dealkylation sites (N-methyl/N-ethyl adjacent to an activating group) is 2. The second-order valence-electron chi connectivity index (χ2n) is 10.2. The van der Waals surface area contributed by atoms with Crippen molar-refractivity contribution in [1.29, 1.82) is 0 Å². The van der Waals surface area contributed by atoms with Crippen LogP contribution in [0, 0.1) is 0 Å². The average Bonchev–Trinajstić information content (AvgIpc) is 3.08. The van der Waals surface area contributed by atoms with Crippen LogP contribution in [0.1, 0.15) is 24.8 Å². The molecule has 0 atom stereocenters. The Morgan fingerprint density at radius 1 is 1.16 bits per heavy atom. The van der Waals surface area contributed by atoms with Crippen molar-refractivity contribution in [2.45, 2.75) is 30.7 Å². The quantitative estimate of drug-likeness (QED) is 0.356. The highest BCUT2D eigenvalue weighted by Crippen LogP contribution is 2.55. The molecule has 1 aromatic carbocycles. The van der Waals surface area contributed by atoms with Crippen LogP contribution >= 0.6 is 0 Å². The Labute approximate surface area is 220 Å². The van der Waals surface area contributed by atoms with Crippen molar-refractivity contribution in [2.75, 3.05) is 47.7 Å². The monoisotopic (exact) mass is 536 g/mol. The van der Waals surface area contributed by atoms with Crippen LogP contribution in [-0.4, -0.2) is 70.2 Å². The first-order valence-electron chi connectivity index (χ1n) is 12.4. The van der Waals surface area contributed by atoms with Crippen LogP contribution in [0.4, 0.5) is 17.2 Å². The molecule has 6 rings (SSSR count). The first kappa shape index (κ1) is 24.6. The SMILES string of the molecule is CNC1CN(c2ncc(-c3ccc4ncc5c(c4c3)C3(CCC3)C(=O)N5C)cc2N(OC=O)S(C)(=O)=O)C1. The Balaban J connectivity index is 1.50. The molecule has 1 saturated heterocycles. The summed E-state index contributed by atoms with van der Waals surface area (Å²) < 4.78 is 25.8. The van der Waals surface area contributed by atoms with E-state index in [-0.39, 0.29) is 24.1 Å². The Morgan fingerprint density at radius 3 is 2.55 bits per heavy atom. The Hall–Kier alpha value is -3.77. The standard InChI is InChI=1S/C26H28N6O5S/c1-27-18-13-31(14-18)24-21(32(37-15-33)38(3,35)36)10-17(11-29-24)16-5-6-20-19(9-16)23-22(12-28-20)30(2)25(34)26(23)7-4-8-26/h5-6,9-12,15,18,27H,4,7-8,13-14H2,1-3H3. The molecule has 1 amide bonds. The van der Waals surface area contributed by atoms with Crippen molar-refractivity contribution < 1.29 is 22.8 Å². The van der Waals surface area contributed by atoms with E-state index in [1.807, 2.05) is 30.1 Å². The number of anilines is 3. The molecule has 12 heteroatoms. The average molecular weight is 537 g/mol. The van der Waals surface area contributed by atoms with Gasteiger partial charge < -0.3 is 20.0 Å². The van der Waals surface area contributed by atoms with Crippen molar-refractivity contribution in [3.05, 3.63) is 42.2 Å². The number of carbonyl (C=O) groups excluding carboxylic acids is 2. The Bertz CT molecular complexity index is 1580. The minimum absolute atomic E-state index is 0.0839. The number of hydrogen-bond acceptors (Lipinski definition) is 9. The van der Waals surface area contributed by atoms with Gasteiger partial charge in [-0.2, -0.15) is 0 Å². The minimum atomic E-state index is -3.96. The van der Waals surface area contributed by atoms with Gasteiger partial charge in [-0.1, -0.05) is 17.0 Å². The van der Waals surface area contributed by atoms with Crippen LogP contribution in [0.3, 0.4) is 0 Å². The number of aromatic nitrogens is 2. The fourth-order valence-corrected chi connectivity index (χ4v) is 6.50. The van der Waals surface area contributed by atoms with Gasteiger partial charge in [0, 0.05) is 48.9 Å². The van der Waals surface area contributed by atoms with Gasteiger partial charge in [0.05, 0.1) is 29.1 Å². The molecule has 4 heterocycles. The zero-order chi connectivity index (χ0) is 26.8. The van der Waals surface area contributed by atoms with E-state index in [0.717, 1.165) is 53.2 Å². The molecule has 198 valence electrons. The lowest BCUT2D eigenvalue weighted by Gasteiger charge is -2.41. The second-order valence-corrected chi connectivity index (χ2v) is 12.0. The maximum Gasteiger partial charge on any atom is 0.322 e. The number of amides is 1. The second kappa shape index (κ2) is 8.63. The van der Waals surface area contributed by atoms with E-state index < -0.39 is 15.4 Å². The van der Waals surface area contributed by atoms with E-state index in [0.29, 0.717) is 28.9 Å². The summed E-state index contributed by atoms with van der Waals surface area (Å²) in [4.78, 5) is 42.2. The largest absolute Gasteiger partial charge is 0.351 e. The van der Waals surface area contributed by atoms with Crippen LogP contribution in [-0.2, 0) is 29.9 Å². The highest BCUT2D eigenvalue weighted by atomic mass is 32.2. The molecular formula is C26H28N6O5S. The summed E-state index contributed by atoms with van der Waals surface area (Å²) >= 11 is 0. The summed E-state index contributed by atoms with van der Waals surface area (Å²) in [6, 6.07) is 7.69. The molecule has 1 N–H and O–H groups in total. The molecule has 2 aromatic heterocycles. The van der Waals surface area contributed by atoms with Gasteiger partial charge in [-0.15, -0.1) is 0 Å². The van der Waals surface area contributed by atoms with E-state index in [1.54, 1.807) is 30.4 Å². The lowest BCUT2D eigenvalue weighted by Crippen LogP contribution is -2.57. The number of fused-ring (bicyclic) bond motifs is 4. The number of nitrogens with zero attached hydrogens (tertiary/aromatic N) is 5. The van der Waals surface area contributed by atoms with E-state index in [9.17, 15) is 18.0 Å². The van der Waals surface area contributed by atoms with E-state index >= 15 is 0 Å². The number of carbonyl (C=O) groups is 2. The van der Waals surface area contributed by atoms with E-state index in [4.69, 9.17) is 4.84 Å². The molecule has 11 nitrogen and oxygen atoms in total. The van der Waals surface area contributed by atoms with Crippen LogP contribution in [0.25, 0.3) is 22.0 Å². The van der Waals surface area contributed by atoms with Crippen LogP contribution in [0.2, 0.25) is 0 Å². The topological polar surface area (TPSA) is 125 Å². The molecule has 1 saturated carbocycles. The number of hydrogen-bond donors (Lipinski definition) is 1. The number of sulfonamides is 1. The third-order valence-corrected chi connectivity index (χ3v) is 8.90. The molecule has 3 aliphatic rings. The zero-order valence-electron chi connectivity index (χ0n) is 21.3.